The summed E-state index contributed by atoms with van der Waals surface area (Å²) < 4.78 is 5.31. The summed E-state index contributed by atoms with van der Waals surface area (Å²) in [4.78, 5) is 37.6. The van der Waals surface area contributed by atoms with Crippen LogP contribution in [0.2, 0.25) is 0 Å². The summed E-state index contributed by atoms with van der Waals surface area (Å²) >= 11 is 0. The number of nitrogens with zero attached hydrogens (tertiary/aromatic N) is 1. The minimum atomic E-state index is -1.39. The summed E-state index contributed by atoms with van der Waals surface area (Å²) in [6.45, 7) is 0. The lowest BCUT2D eigenvalue weighted by Crippen LogP contribution is -2.52. The molecule has 0 aliphatic heterocycles. The van der Waals surface area contributed by atoms with E-state index in [1.165, 1.54) is 25.3 Å². The Morgan fingerprint density at radius 1 is 0.868 bits per heavy atom. The number of carbonyl (C=O) groups excluding carboxylic acids is 1. The first-order valence-electron chi connectivity index (χ1n) is 11.9. The number of nitrogens with one attached hydrogen (secondary N) is 1. The molecule has 8 heteroatoms. The number of aliphatic carboxylic acids is 1. The number of carbonyl (C=O) groups is 2. The Kier molecular flexibility index (Phi) is 7.82. The standard InChI is InChI=1S/C30H26N2O6/c1-38-27-18-17-25(32(36)37)19-21(27)20-26(28(33)34)31-29(35)30(22-11-5-2-6-12-22,23-13-7-3-8-14-23)24-15-9-4-10-16-24/h2-19,26H,20H2,1H3,(H,31,35)(H,33,34)/t26-/m1/s1. The summed E-state index contributed by atoms with van der Waals surface area (Å²) in [6, 6.07) is 30.0. The highest BCUT2D eigenvalue weighted by Gasteiger charge is 2.45. The van der Waals surface area contributed by atoms with Crippen LogP contribution >= 0.6 is 0 Å². The van der Waals surface area contributed by atoms with Crippen molar-refractivity contribution in [2.75, 3.05) is 7.11 Å². The second-order valence-corrected chi connectivity index (χ2v) is 8.67. The molecule has 0 aliphatic rings. The Bertz CT molecular complexity index is 1330. The average Bonchev–Trinajstić information content (AvgIpc) is 2.94. The van der Waals surface area contributed by atoms with E-state index in [0.717, 1.165) is 0 Å². The zero-order valence-electron chi connectivity index (χ0n) is 20.6. The fourth-order valence-corrected chi connectivity index (χ4v) is 4.68. The van der Waals surface area contributed by atoms with Crippen LogP contribution in [0.25, 0.3) is 0 Å². The van der Waals surface area contributed by atoms with Crippen LogP contribution in [0.3, 0.4) is 0 Å². The molecule has 0 unspecified atom stereocenters. The molecule has 4 aromatic rings. The molecule has 38 heavy (non-hydrogen) atoms. The van der Waals surface area contributed by atoms with E-state index in [-0.39, 0.29) is 17.9 Å². The molecule has 4 rings (SSSR count). The molecule has 0 spiro atoms. The van der Waals surface area contributed by atoms with Crippen LogP contribution < -0.4 is 10.1 Å². The van der Waals surface area contributed by atoms with E-state index in [0.29, 0.717) is 22.3 Å². The number of amides is 1. The molecular weight excluding hydrogens is 484 g/mol. The summed E-state index contributed by atoms with van der Waals surface area (Å²) in [7, 11) is 1.39. The third kappa shape index (κ3) is 5.10. The molecule has 0 saturated carbocycles. The molecule has 0 radical (unpaired) electrons. The molecule has 1 amide bonds. The third-order valence-electron chi connectivity index (χ3n) is 6.46. The molecule has 0 heterocycles. The number of benzene rings is 4. The van der Waals surface area contributed by atoms with Crippen molar-refractivity contribution in [2.45, 2.75) is 17.9 Å². The van der Waals surface area contributed by atoms with E-state index in [2.05, 4.69) is 5.32 Å². The second kappa shape index (κ2) is 11.4. The first-order valence-corrected chi connectivity index (χ1v) is 11.9. The number of non-ortho nitro benzene ring substituents is 1. The van der Waals surface area contributed by atoms with Gasteiger partial charge in [-0.1, -0.05) is 91.0 Å². The zero-order chi connectivity index (χ0) is 27.1. The fraction of sp³-hybridized carbons (Fsp3) is 0.133. The van der Waals surface area contributed by atoms with Crippen LogP contribution in [0.15, 0.2) is 109 Å². The van der Waals surface area contributed by atoms with Gasteiger partial charge >= 0.3 is 5.97 Å². The summed E-state index contributed by atoms with van der Waals surface area (Å²) in [5.41, 5.74) is 0.693. The van der Waals surface area contributed by atoms with Crippen molar-refractivity contribution in [3.63, 3.8) is 0 Å². The molecule has 1 atom stereocenters. The summed E-state index contributed by atoms with van der Waals surface area (Å²) in [5, 5.41) is 24.2. The van der Waals surface area contributed by atoms with Crippen molar-refractivity contribution in [2.24, 2.45) is 0 Å². The first kappa shape index (κ1) is 26.1. The number of hydrogen-bond acceptors (Lipinski definition) is 5. The molecule has 8 nitrogen and oxygen atoms in total. The number of rotatable bonds is 10. The van der Waals surface area contributed by atoms with E-state index in [1.54, 1.807) is 0 Å². The lowest BCUT2D eigenvalue weighted by Gasteiger charge is -2.35. The van der Waals surface area contributed by atoms with Gasteiger partial charge in [0.2, 0.25) is 5.91 Å². The number of carboxylic acids is 1. The smallest absolute Gasteiger partial charge is 0.326 e. The SMILES string of the molecule is COc1ccc([N+](=O)[O-])cc1C[C@@H](NC(=O)C(c1ccccc1)(c1ccccc1)c1ccccc1)C(=O)O. The minimum absolute atomic E-state index is 0.205. The van der Waals surface area contributed by atoms with Crippen molar-refractivity contribution >= 4 is 17.6 Å². The molecule has 4 aromatic carbocycles. The topological polar surface area (TPSA) is 119 Å². The van der Waals surface area contributed by atoms with Gasteiger partial charge in [-0.05, 0) is 22.8 Å². The van der Waals surface area contributed by atoms with Gasteiger partial charge in [0.15, 0.2) is 0 Å². The second-order valence-electron chi connectivity index (χ2n) is 8.67. The number of methoxy groups -OCH3 is 1. The van der Waals surface area contributed by atoms with Crippen LogP contribution in [0.5, 0.6) is 5.75 Å². The van der Waals surface area contributed by atoms with Crippen molar-refractivity contribution in [3.8, 4) is 5.75 Å². The van der Waals surface area contributed by atoms with E-state index in [4.69, 9.17) is 4.74 Å². The number of ether oxygens (including phenoxy) is 1. The lowest BCUT2D eigenvalue weighted by atomic mass is 9.68. The number of carboxylic acid groups (broad SMARTS) is 1. The van der Waals surface area contributed by atoms with Gasteiger partial charge in [-0.15, -0.1) is 0 Å². The van der Waals surface area contributed by atoms with Crippen molar-refractivity contribution in [1.29, 1.82) is 0 Å². The van der Waals surface area contributed by atoms with Gasteiger partial charge in [0.05, 0.1) is 12.0 Å². The van der Waals surface area contributed by atoms with Crippen LogP contribution in [0, 0.1) is 10.1 Å². The Morgan fingerprint density at radius 2 is 1.34 bits per heavy atom. The highest BCUT2D eigenvalue weighted by molar-refractivity contribution is 5.98. The molecule has 0 bridgehead atoms. The predicted octanol–water partition coefficient (Wildman–Crippen LogP) is 4.75. The van der Waals surface area contributed by atoms with E-state index >= 15 is 0 Å². The van der Waals surface area contributed by atoms with Crippen molar-refractivity contribution in [1.82, 2.24) is 5.32 Å². The third-order valence-corrected chi connectivity index (χ3v) is 6.46. The van der Waals surface area contributed by atoms with Crippen LogP contribution in [0.4, 0.5) is 5.69 Å². The van der Waals surface area contributed by atoms with E-state index in [9.17, 15) is 24.8 Å². The Morgan fingerprint density at radius 3 is 1.74 bits per heavy atom. The van der Waals surface area contributed by atoms with Gasteiger partial charge < -0.3 is 15.2 Å². The lowest BCUT2D eigenvalue weighted by molar-refractivity contribution is -0.384. The van der Waals surface area contributed by atoms with Crippen LogP contribution in [-0.2, 0) is 21.4 Å². The molecule has 192 valence electrons. The van der Waals surface area contributed by atoms with Gasteiger partial charge in [0, 0.05) is 24.1 Å². The molecule has 0 aromatic heterocycles. The summed E-state index contributed by atoms with van der Waals surface area (Å²) in [5.74, 6) is -1.54. The molecular formula is C30H26N2O6. The van der Waals surface area contributed by atoms with Crippen LogP contribution in [-0.4, -0.2) is 35.1 Å². The molecule has 0 aliphatic carbocycles. The number of nitro benzene ring substituents is 1. The maximum atomic E-state index is 14.4. The Labute approximate surface area is 219 Å². The molecule has 0 fully saturated rings. The largest absolute Gasteiger partial charge is 0.496 e. The zero-order valence-corrected chi connectivity index (χ0v) is 20.6. The van der Waals surface area contributed by atoms with Gasteiger partial charge in [-0.2, -0.15) is 0 Å². The van der Waals surface area contributed by atoms with Crippen LogP contribution in [0.1, 0.15) is 22.3 Å². The Balaban J connectivity index is 1.84. The van der Waals surface area contributed by atoms with Gasteiger partial charge in [-0.25, -0.2) is 4.79 Å². The van der Waals surface area contributed by atoms with E-state index in [1.807, 2.05) is 91.0 Å². The maximum Gasteiger partial charge on any atom is 0.326 e. The maximum absolute atomic E-state index is 14.4. The fourth-order valence-electron chi connectivity index (χ4n) is 4.68. The van der Waals surface area contributed by atoms with Gasteiger partial charge in [-0.3, -0.25) is 14.9 Å². The van der Waals surface area contributed by atoms with Gasteiger partial charge in [0.25, 0.3) is 5.69 Å². The normalized spacial score (nSPS) is 11.8. The first-order chi connectivity index (χ1) is 18.4. The molecule has 0 saturated heterocycles. The Hall–Kier alpha value is -4.98. The average molecular weight is 511 g/mol. The highest BCUT2D eigenvalue weighted by Crippen LogP contribution is 2.40. The van der Waals surface area contributed by atoms with Gasteiger partial charge in [0.1, 0.15) is 17.2 Å². The monoisotopic (exact) mass is 510 g/mol. The summed E-state index contributed by atoms with van der Waals surface area (Å²) in [6.07, 6.45) is -0.222. The number of hydrogen-bond donors (Lipinski definition) is 2. The number of nitro groups is 1. The predicted molar refractivity (Wildman–Crippen MR) is 142 cm³/mol. The quantitative estimate of drug-likeness (QED) is 0.181. The minimum Gasteiger partial charge on any atom is -0.496 e. The van der Waals surface area contributed by atoms with E-state index < -0.39 is 28.3 Å². The van der Waals surface area contributed by atoms with Crippen molar-refractivity contribution in [3.05, 3.63) is 142 Å². The highest BCUT2D eigenvalue weighted by atomic mass is 16.6. The van der Waals surface area contributed by atoms with Crippen molar-refractivity contribution < 1.29 is 24.4 Å². The molecule has 2 N–H and O–H groups in total.